The Morgan fingerprint density at radius 2 is 1.62 bits per heavy atom. The van der Waals surface area contributed by atoms with E-state index in [4.69, 9.17) is 11.5 Å². The predicted molar refractivity (Wildman–Crippen MR) is 151 cm³/mol. The van der Waals surface area contributed by atoms with Crippen LogP contribution in [0.3, 0.4) is 0 Å². The summed E-state index contributed by atoms with van der Waals surface area (Å²) >= 11 is 0. The van der Waals surface area contributed by atoms with Gasteiger partial charge in [-0.3, -0.25) is 19.8 Å². The maximum absolute atomic E-state index is 13.2. The van der Waals surface area contributed by atoms with Gasteiger partial charge >= 0.3 is 6.03 Å². The number of H-pyrrole nitrogens is 1. The van der Waals surface area contributed by atoms with Gasteiger partial charge in [0, 0.05) is 23.5 Å². The van der Waals surface area contributed by atoms with Crippen LogP contribution in [0.4, 0.5) is 9.18 Å². The van der Waals surface area contributed by atoms with Gasteiger partial charge in [0.05, 0.1) is 13.1 Å². The number of amides is 5. The Balaban J connectivity index is 0.000000843. The van der Waals surface area contributed by atoms with Crippen LogP contribution in [0.1, 0.15) is 38.8 Å². The molecular weight excluding hydrogens is 505 g/mol. The molecule has 2 aromatic carbocycles. The smallest absolute Gasteiger partial charge is 0.333 e. The Bertz CT molecular complexity index is 1180. The first-order chi connectivity index (χ1) is 18.7. The van der Waals surface area contributed by atoms with Crippen LogP contribution in [0.25, 0.3) is 10.9 Å². The molecule has 39 heavy (non-hydrogen) atoms. The number of hydrogen-bond acceptors (Lipinski definition) is 5. The van der Waals surface area contributed by atoms with E-state index in [1.807, 2.05) is 50.8 Å². The first-order valence-electron chi connectivity index (χ1n) is 12.6. The van der Waals surface area contributed by atoms with Gasteiger partial charge in [-0.2, -0.15) is 0 Å². The third-order valence-electron chi connectivity index (χ3n) is 4.71. The van der Waals surface area contributed by atoms with Gasteiger partial charge in [-0.05, 0) is 36.2 Å². The Labute approximate surface area is 228 Å². The Morgan fingerprint density at radius 1 is 0.949 bits per heavy atom. The third kappa shape index (κ3) is 13.6. The monoisotopic (exact) mass is 545 g/mol. The van der Waals surface area contributed by atoms with Crippen LogP contribution >= 0.6 is 0 Å². The fourth-order valence-corrected chi connectivity index (χ4v) is 2.97. The molecule has 0 aliphatic carbocycles. The number of benzene rings is 2. The highest BCUT2D eigenvalue weighted by atomic mass is 19.1. The molecule has 0 bridgehead atoms. The maximum atomic E-state index is 13.2. The molecule has 0 saturated carbocycles. The maximum Gasteiger partial charge on any atom is 0.333 e. The Kier molecular flexibility index (Phi) is 17.4. The largest absolute Gasteiger partial charge is 0.368 e. The number of hydrogen-bond donors (Lipinski definition) is 7. The van der Waals surface area contributed by atoms with Gasteiger partial charge in [-0.15, -0.1) is 0 Å². The van der Waals surface area contributed by atoms with E-state index in [9.17, 15) is 23.6 Å². The average molecular weight is 546 g/mol. The molecule has 1 heterocycles. The number of nitrogens with two attached hydrogens (primary N) is 2. The van der Waals surface area contributed by atoms with Crippen LogP contribution in [-0.2, 0) is 20.8 Å². The minimum absolute atomic E-state index is 0.00239. The fraction of sp³-hybridized carbons (Fsp3) is 0.333. The number of hydrazine groups is 1. The molecule has 214 valence electrons. The van der Waals surface area contributed by atoms with Gasteiger partial charge in [0.1, 0.15) is 11.9 Å². The highest BCUT2D eigenvalue weighted by Gasteiger charge is 2.19. The number of urea groups is 1. The van der Waals surface area contributed by atoms with E-state index >= 15 is 0 Å². The first kappa shape index (κ1) is 34.6. The van der Waals surface area contributed by atoms with E-state index in [0.29, 0.717) is 5.56 Å². The van der Waals surface area contributed by atoms with Gasteiger partial charge in [0.25, 0.3) is 5.91 Å². The summed E-state index contributed by atoms with van der Waals surface area (Å²) in [5, 5.41) is 5.80. The van der Waals surface area contributed by atoms with Gasteiger partial charge in [0.15, 0.2) is 0 Å². The number of aryl methyl sites for hydroxylation is 1. The van der Waals surface area contributed by atoms with Crippen molar-refractivity contribution in [2.75, 3.05) is 13.1 Å². The molecule has 1 atom stereocenters. The molecule has 12 heteroatoms. The van der Waals surface area contributed by atoms with Crippen molar-refractivity contribution < 1.29 is 23.6 Å². The standard InChI is InChI=1S/C14H19FN6O4.C9H9N.2C2H6/c15-9-3-1-2-8(4-9)5-10(13(17)24)19-12(23)7-18-14(25)21-20-11(22)6-16;1-7-6-10-9-5-3-2-4-8(7)9;2*1-2/h1-4,10H,5-7,16H2,(H2,17,24)(H,19,23)(H,20,22)(H2,18,21,25);2-6,10H,1H3;2*1-2H3. The van der Waals surface area contributed by atoms with Gasteiger partial charge in [-0.25, -0.2) is 14.6 Å². The second-order valence-electron chi connectivity index (χ2n) is 7.43. The number of nitrogens with one attached hydrogen (secondary N) is 5. The Morgan fingerprint density at radius 3 is 2.21 bits per heavy atom. The summed E-state index contributed by atoms with van der Waals surface area (Å²) in [6.45, 7) is 9.32. The molecule has 0 radical (unpaired) electrons. The zero-order valence-electron chi connectivity index (χ0n) is 23.1. The van der Waals surface area contributed by atoms with Crippen molar-refractivity contribution in [1.82, 2.24) is 26.5 Å². The zero-order chi connectivity index (χ0) is 29.8. The number of carbonyl (C=O) groups excluding carboxylic acids is 4. The molecule has 5 amide bonds. The number of aromatic amines is 1. The second-order valence-corrected chi connectivity index (χ2v) is 7.43. The number of para-hydroxylation sites is 1. The minimum Gasteiger partial charge on any atom is -0.368 e. The summed E-state index contributed by atoms with van der Waals surface area (Å²) in [6, 6.07) is 11.9. The van der Waals surface area contributed by atoms with E-state index in [2.05, 4.69) is 40.7 Å². The van der Waals surface area contributed by atoms with Crippen LogP contribution in [0.15, 0.2) is 54.7 Å². The lowest BCUT2D eigenvalue weighted by molar-refractivity contribution is -0.126. The van der Waals surface area contributed by atoms with Crippen molar-refractivity contribution in [3.8, 4) is 0 Å². The second kappa shape index (κ2) is 19.6. The van der Waals surface area contributed by atoms with E-state index in [1.165, 1.54) is 34.7 Å². The van der Waals surface area contributed by atoms with Crippen LogP contribution in [-0.4, -0.2) is 47.9 Å². The van der Waals surface area contributed by atoms with E-state index in [1.54, 1.807) is 6.07 Å². The molecule has 1 unspecified atom stereocenters. The van der Waals surface area contributed by atoms with E-state index < -0.39 is 42.2 Å². The first-order valence-corrected chi connectivity index (χ1v) is 12.6. The highest BCUT2D eigenvalue weighted by Crippen LogP contribution is 2.15. The van der Waals surface area contributed by atoms with E-state index in [0.717, 1.165) is 0 Å². The molecule has 0 aliphatic rings. The van der Waals surface area contributed by atoms with Crippen molar-refractivity contribution in [2.45, 2.75) is 47.1 Å². The van der Waals surface area contributed by atoms with Crippen LogP contribution in [0, 0.1) is 12.7 Å². The van der Waals surface area contributed by atoms with Crippen LogP contribution in [0.2, 0.25) is 0 Å². The summed E-state index contributed by atoms with van der Waals surface area (Å²) in [5.41, 5.74) is 17.2. The summed E-state index contributed by atoms with van der Waals surface area (Å²) in [6.07, 6.45) is 2.03. The Hall–Kier alpha value is -4.45. The summed E-state index contributed by atoms with van der Waals surface area (Å²) in [7, 11) is 0. The highest BCUT2D eigenvalue weighted by molar-refractivity contribution is 5.90. The summed E-state index contributed by atoms with van der Waals surface area (Å²) < 4.78 is 13.2. The molecule has 0 fully saturated rings. The van der Waals surface area contributed by atoms with Gasteiger partial charge in [-0.1, -0.05) is 58.0 Å². The number of primary amides is 1. The van der Waals surface area contributed by atoms with Gasteiger partial charge in [0.2, 0.25) is 11.8 Å². The van der Waals surface area contributed by atoms with E-state index in [-0.39, 0.29) is 13.0 Å². The zero-order valence-corrected chi connectivity index (χ0v) is 23.1. The molecule has 3 aromatic rings. The van der Waals surface area contributed by atoms with Crippen molar-refractivity contribution in [3.05, 3.63) is 71.7 Å². The quantitative estimate of drug-likeness (QED) is 0.224. The number of halogens is 1. The molecule has 9 N–H and O–H groups in total. The van der Waals surface area contributed by atoms with Crippen LogP contribution in [0.5, 0.6) is 0 Å². The normalized spacial score (nSPS) is 10.1. The topological polar surface area (TPSA) is 184 Å². The molecule has 11 nitrogen and oxygen atoms in total. The van der Waals surface area contributed by atoms with Crippen molar-refractivity contribution in [1.29, 1.82) is 0 Å². The number of aromatic nitrogens is 1. The minimum atomic E-state index is -1.07. The SMILES string of the molecule is CC.CC.Cc1c[nH]c2ccccc12.NCC(=O)NNC(=O)NCC(=O)NC(Cc1cccc(F)c1)C(N)=O. The predicted octanol–water partition coefficient (Wildman–Crippen LogP) is 2.16. The lowest BCUT2D eigenvalue weighted by atomic mass is 10.1. The molecule has 3 rings (SSSR count). The fourth-order valence-electron chi connectivity index (χ4n) is 2.97. The molecule has 0 saturated heterocycles. The third-order valence-corrected chi connectivity index (χ3v) is 4.71. The van der Waals surface area contributed by atoms with Crippen molar-refractivity contribution >= 4 is 34.7 Å². The molecule has 0 spiro atoms. The number of fused-ring (bicyclic) bond motifs is 1. The molecule has 0 aliphatic heterocycles. The number of carbonyl (C=O) groups is 4. The molecular formula is C27H40FN7O4. The lowest BCUT2D eigenvalue weighted by Crippen LogP contribution is -2.52. The average Bonchev–Trinajstić information content (AvgIpc) is 3.33. The van der Waals surface area contributed by atoms with Crippen molar-refractivity contribution in [2.24, 2.45) is 11.5 Å². The van der Waals surface area contributed by atoms with Gasteiger partial charge < -0.3 is 27.1 Å². The lowest BCUT2D eigenvalue weighted by Gasteiger charge is -2.16. The summed E-state index contributed by atoms with van der Waals surface area (Å²) in [4.78, 5) is 48.5. The number of rotatable bonds is 7. The summed E-state index contributed by atoms with van der Waals surface area (Å²) in [5.74, 6) is -2.61. The van der Waals surface area contributed by atoms with Crippen LogP contribution < -0.4 is 33.0 Å². The van der Waals surface area contributed by atoms with Crippen molar-refractivity contribution in [3.63, 3.8) is 0 Å². The molecule has 1 aromatic heterocycles.